The van der Waals surface area contributed by atoms with Crippen LogP contribution in [0.15, 0.2) is 103 Å². The van der Waals surface area contributed by atoms with Gasteiger partial charge in [-0.15, -0.1) is 0 Å². The Morgan fingerprint density at radius 3 is 1.18 bits per heavy atom. The molecule has 0 bridgehead atoms. The fourth-order valence-electron chi connectivity index (χ4n) is 5.87. The van der Waals surface area contributed by atoms with Crippen molar-refractivity contribution in [1.82, 2.24) is 25.6 Å². The molecule has 0 spiro atoms. The Morgan fingerprint density at radius 1 is 0.595 bits per heavy atom. The number of pyridine rings is 3. The highest BCUT2D eigenvalue weighted by Crippen LogP contribution is 2.27. The van der Waals surface area contributed by atoms with Crippen LogP contribution >= 0.6 is 63.7 Å². The number of carboxylic acids is 2. The first-order valence-electron chi connectivity index (χ1n) is 21.1. The molecule has 8 N–H and O–H groups in total. The summed E-state index contributed by atoms with van der Waals surface area (Å²) in [6, 6.07) is 16.8. The average Bonchev–Trinajstić information content (AvgIpc) is 3.24. The molecular weight excluding hydrogens is 1230 g/mol. The third kappa shape index (κ3) is 32.3. The first-order valence-corrected chi connectivity index (χ1v) is 24.3. The Bertz CT molecular complexity index is 2300. The van der Waals surface area contributed by atoms with E-state index >= 15 is 0 Å². The van der Waals surface area contributed by atoms with Crippen molar-refractivity contribution in [1.29, 1.82) is 0 Å². The lowest BCUT2D eigenvalue weighted by atomic mass is 10.0. The van der Waals surface area contributed by atoms with Gasteiger partial charge in [0.1, 0.15) is 50.3 Å². The van der Waals surface area contributed by atoms with E-state index < -0.39 is 59.4 Å². The summed E-state index contributed by atoms with van der Waals surface area (Å²) in [6.45, 7) is 10.3. The molecule has 2 aromatic carbocycles. The number of rotatable bonds is 15. The molecule has 0 radical (unpaired) electrons. The van der Waals surface area contributed by atoms with E-state index in [0.717, 1.165) is 27.4 Å². The van der Waals surface area contributed by atoms with Gasteiger partial charge in [-0.3, -0.25) is 19.4 Å². The first kappa shape index (κ1) is 75.5. The van der Waals surface area contributed by atoms with Crippen LogP contribution in [-0.2, 0) is 32.0 Å². The van der Waals surface area contributed by atoms with E-state index in [2.05, 4.69) is 89.3 Å². The Kier molecular flexibility index (Phi) is 40.2. The van der Waals surface area contributed by atoms with Gasteiger partial charge in [0.2, 0.25) is 11.8 Å². The predicted octanol–water partition coefficient (Wildman–Crippen LogP) is 12.9. The van der Waals surface area contributed by atoms with Crippen LogP contribution in [-0.4, -0.2) is 67.3 Å². The Balaban J connectivity index is -0.000000421. The molecule has 5 aromatic rings. The summed E-state index contributed by atoms with van der Waals surface area (Å²) < 4.78 is 55.3. The van der Waals surface area contributed by atoms with Crippen molar-refractivity contribution in [2.45, 2.75) is 121 Å². The maximum absolute atomic E-state index is 13.1. The second kappa shape index (κ2) is 39.4. The standard InChI is InChI=1S/2C13H10Br2F2N2.2C8H15NO3.C6H5NO.4CH4/c2*14-10-1-2-12(15)19-13(10)11(18)5-7-3-8(16)6-9(17)4-7;2*1-5(2)4-7(8(11)12)9-6(3)10;8-5-6-3-1-2-4-7-6;;;;/h2*1-4,6,11H,5,18H2;2*5,7H,4H2,1-3H3,(H,9,10)(H,11,12);1-5H;4*1H4/t11-;;2*7-;;;;;/m0.11...../s1. The number of carbonyl (C=O) groups excluding carboxylic acids is 3. The molecule has 412 valence electrons. The van der Waals surface area contributed by atoms with Gasteiger partial charge in [-0.2, -0.15) is 0 Å². The van der Waals surface area contributed by atoms with Gasteiger partial charge in [0.25, 0.3) is 0 Å². The van der Waals surface area contributed by atoms with Gasteiger partial charge >= 0.3 is 11.9 Å². The number of hydrogen-bond acceptors (Lipinski definition) is 10. The largest absolute Gasteiger partial charge is 0.480 e. The van der Waals surface area contributed by atoms with Gasteiger partial charge in [0.05, 0.1) is 23.5 Å². The zero-order chi connectivity index (χ0) is 53.2. The first-order chi connectivity index (χ1) is 32.7. The molecule has 3 aromatic heterocycles. The Hall–Kier alpha value is -5.00. The lowest BCUT2D eigenvalue weighted by Gasteiger charge is -2.14. The number of amides is 2. The van der Waals surface area contributed by atoms with Crippen LogP contribution < -0.4 is 22.1 Å². The molecule has 0 aliphatic heterocycles. The van der Waals surface area contributed by atoms with E-state index in [1.54, 1.807) is 36.5 Å². The van der Waals surface area contributed by atoms with Crippen LogP contribution in [0.25, 0.3) is 0 Å². The SMILES string of the molecule is C.C.C.C.CC(=O)N[C@H](CC(C)C)C(=O)O.CC(=O)N[C@H](CC(C)C)C(=O)O.NC(Cc1cc(F)cc(F)c1)c1nc(Br)ccc1Br.N[C@@H](Cc1cc(F)cc(F)c1)c1nc(Br)ccc1Br.O=Cc1ccccn1. The molecule has 0 fully saturated rings. The van der Waals surface area contributed by atoms with Crippen LogP contribution in [0.3, 0.4) is 0 Å². The Morgan fingerprint density at radius 2 is 0.932 bits per heavy atom. The van der Waals surface area contributed by atoms with Crippen molar-refractivity contribution in [3.8, 4) is 0 Å². The lowest BCUT2D eigenvalue weighted by Crippen LogP contribution is -2.40. The third-order valence-electron chi connectivity index (χ3n) is 8.71. The predicted molar refractivity (Wildman–Crippen MR) is 299 cm³/mol. The number of aromatic nitrogens is 3. The molecule has 14 nitrogen and oxygen atoms in total. The smallest absolute Gasteiger partial charge is 0.326 e. The van der Waals surface area contributed by atoms with Gasteiger partial charge in [0.15, 0.2) is 6.29 Å². The van der Waals surface area contributed by atoms with Crippen molar-refractivity contribution in [2.75, 3.05) is 0 Å². The summed E-state index contributed by atoms with van der Waals surface area (Å²) >= 11 is 13.3. The van der Waals surface area contributed by atoms with Gasteiger partial charge in [-0.25, -0.2) is 37.1 Å². The zero-order valence-corrected chi connectivity index (χ0v) is 45.3. The molecule has 5 rings (SSSR count). The fraction of sp³-hybridized carbons (Fsp3) is 0.385. The number of benzene rings is 2. The number of nitrogens with one attached hydrogen (secondary N) is 2. The molecule has 0 saturated heterocycles. The van der Waals surface area contributed by atoms with Crippen molar-refractivity contribution in [3.05, 3.63) is 155 Å². The fourth-order valence-corrected chi connectivity index (χ4v) is 7.54. The highest BCUT2D eigenvalue weighted by Gasteiger charge is 2.20. The highest BCUT2D eigenvalue weighted by molar-refractivity contribution is 9.11. The molecule has 2 amide bonds. The molecule has 74 heavy (non-hydrogen) atoms. The summed E-state index contributed by atoms with van der Waals surface area (Å²) in [6.07, 6.45) is 3.85. The van der Waals surface area contributed by atoms with E-state index in [4.69, 9.17) is 21.7 Å². The summed E-state index contributed by atoms with van der Waals surface area (Å²) in [4.78, 5) is 64.5. The van der Waals surface area contributed by atoms with E-state index in [9.17, 15) is 41.5 Å². The molecule has 0 saturated carbocycles. The molecular formula is C52H71Br4F4N7O7. The molecule has 22 heteroatoms. The number of nitrogens with two attached hydrogens (primary N) is 2. The van der Waals surface area contributed by atoms with Gasteiger partial charge < -0.3 is 32.3 Å². The summed E-state index contributed by atoms with van der Waals surface area (Å²) in [5.74, 6) is -4.46. The van der Waals surface area contributed by atoms with Crippen LogP contribution in [0, 0.1) is 35.1 Å². The van der Waals surface area contributed by atoms with Gasteiger partial charge in [-0.1, -0.05) is 63.5 Å². The molecule has 4 atom stereocenters. The Labute approximate surface area is 467 Å². The van der Waals surface area contributed by atoms with E-state index in [1.807, 2.05) is 39.8 Å². The molecule has 0 aliphatic carbocycles. The molecule has 3 heterocycles. The van der Waals surface area contributed by atoms with E-state index in [0.29, 0.717) is 63.1 Å². The molecule has 1 unspecified atom stereocenters. The van der Waals surface area contributed by atoms with Gasteiger partial charge in [0, 0.05) is 41.1 Å². The lowest BCUT2D eigenvalue weighted by molar-refractivity contribution is -0.142. The number of aliphatic carboxylic acids is 2. The second-order valence-electron chi connectivity index (χ2n) is 16.0. The van der Waals surface area contributed by atoms with Crippen LogP contribution in [0.5, 0.6) is 0 Å². The summed E-state index contributed by atoms with van der Waals surface area (Å²) in [5.41, 5.74) is 14.8. The second-order valence-corrected chi connectivity index (χ2v) is 19.3. The van der Waals surface area contributed by atoms with Crippen molar-refractivity contribution in [3.63, 3.8) is 0 Å². The third-order valence-corrected chi connectivity index (χ3v) is 10.9. The minimum Gasteiger partial charge on any atom is -0.480 e. The normalized spacial score (nSPS) is 11.4. The summed E-state index contributed by atoms with van der Waals surface area (Å²) in [7, 11) is 0. The molecule has 0 aliphatic rings. The minimum atomic E-state index is -0.973. The number of halogens is 8. The average molecular weight is 1300 g/mol. The van der Waals surface area contributed by atoms with Crippen molar-refractivity contribution in [2.24, 2.45) is 23.3 Å². The highest BCUT2D eigenvalue weighted by atomic mass is 79.9. The maximum Gasteiger partial charge on any atom is 0.326 e. The summed E-state index contributed by atoms with van der Waals surface area (Å²) in [5, 5.41) is 22.1. The van der Waals surface area contributed by atoms with Crippen LogP contribution in [0.2, 0.25) is 0 Å². The zero-order valence-electron chi connectivity index (χ0n) is 38.9. The van der Waals surface area contributed by atoms with Crippen LogP contribution in [0.4, 0.5) is 17.6 Å². The van der Waals surface area contributed by atoms with Crippen LogP contribution in [0.1, 0.15) is 129 Å². The maximum atomic E-state index is 13.1. The number of hydrogen-bond donors (Lipinski definition) is 6. The monoisotopic (exact) mass is 1300 g/mol. The quantitative estimate of drug-likeness (QED) is 0.0326. The van der Waals surface area contributed by atoms with Crippen molar-refractivity contribution < 1.29 is 51.7 Å². The number of nitrogens with zero attached hydrogens (tertiary/aromatic N) is 3. The van der Waals surface area contributed by atoms with Crippen molar-refractivity contribution >= 4 is 93.8 Å². The number of carboxylic acid groups (broad SMARTS) is 2. The number of aldehydes is 1. The number of carbonyl (C=O) groups is 5. The topological polar surface area (TPSA) is 241 Å². The van der Waals surface area contributed by atoms with E-state index in [-0.39, 0.29) is 53.4 Å². The van der Waals surface area contributed by atoms with E-state index in [1.165, 1.54) is 38.1 Å². The van der Waals surface area contributed by atoms with Gasteiger partial charge in [-0.05, 0) is 173 Å². The minimum absolute atomic E-state index is 0.